The molecule has 0 saturated carbocycles. The third-order valence-electron chi connectivity index (χ3n) is 3.62. The number of aromatic nitrogens is 2. The van der Waals surface area contributed by atoms with Crippen LogP contribution in [0.4, 0.5) is 4.39 Å². The van der Waals surface area contributed by atoms with E-state index in [2.05, 4.69) is 4.98 Å². The molecule has 0 amide bonds. The van der Waals surface area contributed by atoms with Crippen molar-refractivity contribution in [3.8, 4) is 5.75 Å². The van der Waals surface area contributed by atoms with Crippen LogP contribution in [-0.2, 0) is 6.54 Å². The number of halogens is 1. The average molecular weight is 298 g/mol. The molecule has 0 radical (unpaired) electrons. The Bertz CT molecular complexity index is 903. The highest BCUT2D eigenvalue weighted by Crippen LogP contribution is 2.20. The van der Waals surface area contributed by atoms with Crippen molar-refractivity contribution in [3.05, 3.63) is 70.0 Å². The van der Waals surface area contributed by atoms with Gasteiger partial charge in [0.05, 0.1) is 24.6 Å². The van der Waals surface area contributed by atoms with Gasteiger partial charge in [0.1, 0.15) is 17.4 Å². The molecule has 3 aromatic rings. The van der Waals surface area contributed by atoms with Gasteiger partial charge < -0.3 is 4.74 Å². The lowest BCUT2D eigenvalue weighted by Crippen LogP contribution is -2.24. The van der Waals surface area contributed by atoms with E-state index < -0.39 is 0 Å². The second-order valence-electron chi connectivity index (χ2n) is 5.02. The van der Waals surface area contributed by atoms with Crippen LogP contribution < -0.4 is 10.3 Å². The lowest BCUT2D eigenvalue weighted by Gasteiger charge is -2.13. The maximum absolute atomic E-state index is 13.5. The molecule has 0 N–H and O–H groups in total. The molecule has 112 valence electrons. The Morgan fingerprint density at radius 1 is 1.23 bits per heavy atom. The molecule has 22 heavy (non-hydrogen) atoms. The normalized spacial score (nSPS) is 10.9. The van der Waals surface area contributed by atoms with Gasteiger partial charge in [0.2, 0.25) is 0 Å². The minimum Gasteiger partial charge on any atom is -0.496 e. The molecule has 2 aromatic carbocycles. The van der Waals surface area contributed by atoms with Gasteiger partial charge in [-0.25, -0.2) is 9.37 Å². The summed E-state index contributed by atoms with van der Waals surface area (Å²) in [4.78, 5) is 17.1. The lowest BCUT2D eigenvalue weighted by molar-refractivity contribution is 0.406. The summed E-state index contributed by atoms with van der Waals surface area (Å²) < 4.78 is 20.2. The predicted molar refractivity (Wildman–Crippen MR) is 82.8 cm³/mol. The van der Waals surface area contributed by atoms with Gasteiger partial charge in [-0.1, -0.05) is 12.1 Å². The standard InChI is InChI=1S/C17H15FN2O2/c1-11-19-15-6-4-3-5-14(15)17(21)20(11)10-12-9-13(18)7-8-16(12)22-2/h3-9H,10H2,1-2H3. The Labute approximate surface area is 126 Å². The maximum Gasteiger partial charge on any atom is 0.261 e. The second kappa shape index (κ2) is 5.60. The van der Waals surface area contributed by atoms with E-state index in [0.717, 1.165) is 0 Å². The van der Waals surface area contributed by atoms with Crippen LogP contribution in [0.15, 0.2) is 47.3 Å². The van der Waals surface area contributed by atoms with Crippen LogP contribution >= 0.6 is 0 Å². The van der Waals surface area contributed by atoms with Crippen molar-refractivity contribution in [2.75, 3.05) is 7.11 Å². The first-order valence-electron chi connectivity index (χ1n) is 6.89. The monoisotopic (exact) mass is 298 g/mol. The minimum atomic E-state index is -0.366. The van der Waals surface area contributed by atoms with E-state index in [0.29, 0.717) is 28.0 Å². The van der Waals surface area contributed by atoms with Crippen LogP contribution in [0.2, 0.25) is 0 Å². The Kier molecular flexibility index (Phi) is 3.63. The minimum absolute atomic E-state index is 0.144. The van der Waals surface area contributed by atoms with Crippen LogP contribution in [-0.4, -0.2) is 16.7 Å². The number of hydrogen-bond acceptors (Lipinski definition) is 3. The summed E-state index contributed by atoms with van der Waals surface area (Å²) in [6.07, 6.45) is 0. The Hall–Kier alpha value is -2.69. The number of hydrogen-bond donors (Lipinski definition) is 0. The number of aryl methyl sites for hydroxylation is 1. The van der Waals surface area contributed by atoms with Gasteiger partial charge in [-0.3, -0.25) is 9.36 Å². The van der Waals surface area contributed by atoms with E-state index in [1.807, 2.05) is 6.07 Å². The Morgan fingerprint density at radius 2 is 2.00 bits per heavy atom. The smallest absolute Gasteiger partial charge is 0.261 e. The SMILES string of the molecule is COc1ccc(F)cc1Cn1c(C)nc2ccccc2c1=O. The fourth-order valence-electron chi connectivity index (χ4n) is 2.51. The third-order valence-corrected chi connectivity index (χ3v) is 3.62. The van der Waals surface area contributed by atoms with Gasteiger partial charge in [0, 0.05) is 5.56 Å². The second-order valence-corrected chi connectivity index (χ2v) is 5.02. The molecular weight excluding hydrogens is 283 g/mol. The lowest BCUT2D eigenvalue weighted by atomic mass is 10.2. The summed E-state index contributed by atoms with van der Waals surface area (Å²) in [5.74, 6) is 0.756. The molecule has 0 atom stereocenters. The summed E-state index contributed by atoms with van der Waals surface area (Å²) in [7, 11) is 1.52. The maximum atomic E-state index is 13.5. The van der Waals surface area contributed by atoms with Crippen molar-refractivity contribution in [1.82, 2.24) is 9.55 Å². The molecule has 0 saturated heterocycles. The van der Waals surface area contributed by atoms with Gasteiger partial charge >= 0.3 is 0 Å². The van der Waals surface area contributed by atoms with E-state index in [4.69, 9.17) is 4.74 Å². The molecule has 0 spiro atoms. The molecular formula is C17H15FN2O2. The molecule has 1 heterocycles. The topological polar surface area (TPSA) is 44.1 Å². The predicted octanol–water partition coefficient (Wildman–Crippen LogP) is 2.90. The van der Waals surface area contributed by atoms with E-state index >= 15 is 0 Å². The zero-order chi connectivity index (χ0) is 15.7. The van der Waals surface area contributed by atoms with E-state index in [-0.39, 0.29) is 17.9 Å². The van der Waals surface area contributed by atoms with Gasteiger partial charge in [0.25, 0.3) is 5.56 Å². The first-order chi connectivity index (χ1) is 10.6. The van der Waals surface area contributed by atoms with Crippen molar-refractivity contribution in [3.63, 3.8) is 0 Å². The van der Waals surface area contributed by atoms with Gasteiger partial charge in [-0.05, 0) is 37.3 Å². The van der Waals surface area contributed by atoms with Crippen LogP contribution in [0.5, 0.6) is 5.75 Å². The zero-order valence-electron chi connectivity index (χ0n) is 12.3. The highest BCUT2D eigenvalue weighted by atomic mass is 19.1. The molecule has 4 nitrogen and oxygen atoms in total. The van der Waals surface area contributed by atoms with Gasteiger partial charge in [-0.2, -0.15) is 0 Å². The van der Waals surface area contributed by atoms with E-state index in [1.165, 1.54) is 23.8 Å². The molecule has 0 aliphatic heterocycles. The van der Waals surface area contributed by atoms with E-state index in [1.54, 1.807) is 31.2 Å². The highest BCUT2D eigenvalue weighted by molar-refractivity contribution is 5.77. The van der Waals surface area contributed by atoms with Crippen molar-refractivity contribution >= 4 is 10.9 Å². The highest BCUT2D eigenvalue weighted by Gasteiger charge is 2.11. The fourth-order valence-corrected chi connectivity index (χ4v) is 2.51. The van der Waals surface area contributed by atoms with Crippen LogP contribution in [0.25, 0.3) is 10.9 Å². The number of methoxy groups -OCH3 is 1. The molecule has 5 heteroatoms. The summed E-state index contributed by atoms with van der Waals surface area (Å²) in [5, 5.41) is 0.545. The van der Waals surface area contributed by atoms with Crippen LogP contribution in [0, 0.1) is 12.7 Å². The fraction of sp³-hybridized carbons (Fsp3) is 0.176. The Balaban J connectivity index is 2.16. The number of rotatable bonds is 3. The first-order valence-corrected chi connectivity index (χ1v) is 6.89. The van der Waals surface area contributed by atoms with Crippen molar-refractivity contribution in [2.45, 2.75) is 13.5 Å². The summed E-state index contributed by atoms with van der Waals surface area (Å²) in [6.45, 7) is 1.98. The molecule has 3 rings (SSSR count). The number of para-hydroxylation sites is 1. The zero-order valence-corrected chi connectivity index (χ0v) is 12.3. The molecule has 1 aromatic heterocycles. The van der Waals surface area contributed by atoms with Crippen LogP contribution in [0.1, 0.15) is 11.4 Å². The quantitative estimate of drug-likeness (QED) is 0.747. The van der Waals surface area contributed by atoms with Crippen LogP contribution in [0.3, 0.4) is 0 Å². The number of benzene rings is 2. The van der Waals surface area contributed by atoms with Crippen molar-refractivity contribution < 1.29 is 9.13 Å². The molecule has 0 aliphatic rings. The molecule has 0 aliphatic carbocycles. The number of nitrogens with zero attached hydrogens (tertiary/aromatic N) is 2. The summed E-state index contributed by atoms with van der Waals surface area (Å²) >= 11 is 0. The van der Waals surface area contributed by atoms with Gasteiger partial charge in [0.15, 0.2) is 0 Å². The third kappa shape index (κ3) is 2.45. The molecule has 0 unspecified atom stereocenters. The van der Waals surface area contributed by atoms with Crippen molar-refractivity contribution in [2.24, 2.45) is 0 Å². The average Bonchev–Trinajstić information content (AvgIpc) is 2.51. The van der Waals surface area contributed by atoms with Crippen molar-refractivity contribution in [1.29, 1.82) is 0 Å². The summed E-state index contributed by atoms with van der Waals surface area (Å²) in [5.41, 5.74) is 1.12. The number of fused-ring (bicyclic) bond motifs is 1. The Morgan fingerprint density at radius 3 is 2.77 bits per heavy atom. The number of ether oxygens (including phenoxy) is 1. The van der Waals surface area contributed by atoms with E-state index in [9.17, 15) is 9.18 Å². The first kappa shape index (κ1) is 14.3. The summed E-state index contributed by atoms with van der Waals surface area (Å²) in [6, 6.07) is 11.4. The van der Waals surface area contributed by atoms with Gasteiger partial charge in [-0.15, -0.1) is 0 Å². The largest absolute Gasteiger partial charge is 0.496 e. The molecule has 0 bridgehead atoms. The molecule has 0 fully saturated rings.